The van der Waals surface area contributed by atoms with Crippen molar-refractivity contribution in [2.24, 2.45) is 5.41 Å². The van der Waals surface area contributed by atoms with Crippen LogP contribution in [0.5, 0.6) is 0 Å². The van der Waals surface area contributed by atoms with E-state index in [0.29, 0.717) is 12.8 Å². The summed E-state index contributed by atoms with van der Waals surface area (Å²) in [6.07, 6.45) is 0.761. The molecule has 1 fully saturated rings. The average molecular weight is 288 g/mol. The van der Waals surface area contributed by atoms with Crippen LogP contribution >= 0.6 is 0 Å². The minimum Gasteiger partial charge on any atom is -0.277 e. The molecular weight excluding hydrogens is 268 g/mol. The number of hydrogen-bond acceptors (Lipinski definition) is 3. The van der Waals surface area contributed by atoms with Gasteiger partial charge in [0.1, 0.15) is 5.41 Å². The Bertz CT molecular complexity index is 591. The Morgan fingerprint density at radius 2 is 1.71 bits per heavy atom. The first-order valence-electron chi connectivity index (χ1n) is 7.18. The third kappa shape index (κ3) is 2.44. The summed E-state index contributed by atoms with van der Waals surface area (Å²) in [6.45, 7) is 5.71. The molecule has 0 bridgehead atoms. The van der Waals surface area contributed by atoms with Crippen molar-refractivity contribution in [1.29, 1.82) is 0 Å². The normalized spacial score (nSPS) is 17.9. The van der Waals surface area contributed by atoms with Crippen LogP contribution in [-0.4, -0.2) is 22.7 Å². The molecule has 1 heterocycles. The molecular formula is C16H20N2O3. The van der Waals surface area contributed by atoms with Crippen molar-refractivity contribution in [1.82, 2.24) is 10.2 Å². The summed E-state index contributed by atoms with van der Waals surface area (Å²) in [4.78, 5) is 37.9. The van der Waals surface area contributed by atoms with E-state index in [1.807, 2.05) is 31.2 Å². The first kappa shape index (κ1) is 15.2. The standard InChI is InChI=1S/C16H20N2O3/c1-4-16(5-2)13(19)17-15(21)18(14(16)20)10-12-9-7-6-8-11(12)3/h6-9H,4-5,10H2,1-3H3,(H,17,19,21). The summed E-state index contributed by atoms with van der Waals surface area (Å²) in [5.74, 6) is -0.881. The first-order valence-corrected chi connectivity index (χ1v) is 7.18. The Labute approximate surface area is 124 Å². The summed E-state index contributed by atoms with van der Waals surface area (Å²) >= 11 is 0. The molecule has 21 heavy (non-hydrogen) atoms. The third-order valence-corrected chi connectivity index (χ3v) is 4.35. The van der Waals surface area contributed by atoms with Gasteiger partial charge in [-0.1, -0.05) is 38.1 Å². The lowest BCUT2D eigenvalue weighted by atomic mass is 9.78. The number of carbonyl (C=O) groups excluding carboxylic acids is 3. The fraction of sp³-hybridized carbons (Fsp3) is 0.438. The molecule has 0 aliphatic carbocycles. The van der Waals surface area contributed by atoms with E-state index in [4.69, 9.17) is 0 Å². The molecule has 1 aromatic rings. The molecule has 0 atom stereocenters. The van der Waals surface area contributed by atoms with Crippen molar-refractivity contribution in [3.8, 4) is 0 Å². The number of benzene rings is 1. The molecule has 1 aliphatic heterocycles. The molecule has 5 heteroatoms. The van der Waals surface area contributed by atoms with Crippen LogP contribution in [0.3, 0.4) is 0 Å². The number of nitrogens with one attached hydrogen (secondary N) is 1. The van der Waals surface area contributed by atoms with Gasteiger partial charge in [-0.25, -0.2) is 4.79 Å². The van der Waals surface area contributed by atoms with Gasteiger partial charge in [-0.2, -0.15) is 0 Å². The van der Waals surface area contributed by atoms with Gasteiger partial charge in [0.2, 0.25) is 11.8 Å². The van der Waals surface area contributed by atoms with Crippen molar-refractivity contribution in [3.05, 3.63) is 35.4 Å². The highest BCUT2D eigenvalue weighted by Crippen LogP contribution is 2.33. The molecule has 1 saturated heterocycles. The minimum absolute atomic E-state index is 0.187. The number of barbiturate groups is 1. The van der Waals surface area contributed by atoms with E-state index in [9.17, 15) is 14.4 Å². The fourth-order valence-electron chi connectivity index (χ4n) is 2.71. The van der Waals surface area contributed by atoms with Gasteiger partial charge in [0.05, 0.1) is 6.54 Å². The van der Waals surface area contributed by atoms with E-state index < -0.39 is 23.3 Å². The van der Waals surface area contributed by atoms with Crippen LogP contribution in [0.4, 0.5) is 4.79 Å². The fourth-order valence-corrected chi connectivity index (χ4v) is 2.71. The van der Waals surface area contributed by atoms with Gasteiger partial charge < -0.3 is 0 Å². The second-order valence-electron chi connectivity index (χ2n) is 5.37. The van der Waals surface area contributed by atoms with Gasteiger partial charge >= 0.3 is 6.03 Å². The molecule has 0 radical (unpaired) electrons. The molecule has 1 aromatic carbocycles. The molecule has 0 saturated carbocycles. The third-order valence-electron chi connectivity index (χ3n) is 4.35. The molecule has 1 aliphatic rings. The molecule has 1 N–H and O–H groups in total. The number of imide groups is 2. The quantitative estimate of drug-likeness (QED) is 0.865. The van der Waals surface area contributed by atoms with E-state index in [-0.39, 0.29) is 6.54 Å². The van der Waals surface area contributed by atoms with Gasteiger partial charge in [-0.05, 0) is 30.9 Å². The highest BCUT2D eigenvalue weighted by molar-refractivity contribution is 6.19. The van der Waals surface area contributed by atoms with Crippen molar-refractivity contribution in [2.75, 3.05) is 0 Å². The van der Waals surface area contributed by atoms with Gasteiger partial charge in [0.15, 0.2) is 0 Å². The first-order chi connectivity index (χ1) is 9.96. The lowest BCUT2D eigenvalue weighted by Gasteiger charge is -2.38. The lowest BCUT2D eigenvalue weighted by molar-refractivity contribution is -0.152. The predicted octanol–water partition coefficient (Wildman–Crippen LogP) is 2.38. The smallest absolute Gasteiger partial charge is 0.277 e. The van der Waals surface area contributed by atoms with Gasteiger partial charge in [0, 0.05) is 0 Å². The van der Waals surface area contributed by atoms with E-state index in [1.54, 1.807) is 13.8 Å². The van der Waals surface area contributed by atoms with Crippen molar-refractivity contribution < 1.29 is 14.4 Å². The maximum atomic E-state index is 12.7. The van der Waals surface area contributed by atoms with E-state index in [1.165, 1.54) is 0 Å². The molecule has 0 unspecified atom stereocenters. The minimum atomic E-state index is -1.13. The molecule has 0 aromatic heterocycles. The van der Waals surface area contributed by atoms with Crippen LogP contribution in [0.15, 0.2) is 24.3 Å². The second kappa shape index (κ2) is 5.68. The number of urea groups is 1. The summed E-state index contributed by atoms with van der Waals surface area (Å²) in [5.41, 5.74) is 0.779. The topological polar surface area (TPSA) is 66.5 Å². The Hall–Kier alpha value is -2.17. The Morgan fingerprint density at radius 3 is 2.29 bits per heavy atom. The highest BCUT2D eigenvalue weighted by Gasteiger charge is 2.51. The number of nitrogens with zero attached hydrogens (tertiary/aromatic N) is 1. The van der Waals surface area contributed by atoms with Crippen LogP contribution in [0.1, 0.15) is 37.8 Å². The van der Waals surface area contributed by atoms with Crippen LogP contribution in [0.2, 0.25) is 0 Å². The molecule has 112 valence electrons. The van der Waals surface area contributed by atoms with Crippen LogP contribution in [0.25, 0.3) is 0 Å². The van der Waals surface area contributed by atoms with Crippen molar-refractivity contribution in [3.63, 3.8) is 0 Å². The van der Waals surface area contributed by atoms with Crippen molar-refractivity contribution >= 4 is 17.8 Å². The number of amides is 4. The van der Waals surface area contributed by atoms with Gasteiger partial charge in [-0.15, -0.1) is 0 Å². The lowest BCUT2D eigenvalue weighted by Crippen LogP contribution is -2.63. The maximum absolute atomic E-state index is 12.7. The summed E-state index contributed by atoms with van der Waals surface area (Å²) in [6, 6.07) is 6.95. The van der Waals surface area contributed by atoms with E-state index >= 15 is 0 Å². The molecule has 2 rings (SSSR count). The van der Waals surface area contributed by atoms with Crippen LogP contribution in [0, 0.1) is 12.3 Å². The maximum Gasteiger partial charge on any atom is 0.331 e. The average Bonchev–Trinajstić information content (AvgIpc) is 2.46. The predicted molar refractivity (Wildman–Crippen MR) is 78.3 cm³/mol. The summed E-state index contributed by atoms with van der Waals surface area (Å²) in [5, 5.41) is 2.32. The van der Waals surface area contributed by atoms with Crippen molar-refractivity contribution in [2.45, 2.75) is 40.2 Å². The zero-order valence-electron chi connectivity index (χ0n) is 12.6. The molecule has 0 spiro atoms. The Balaban J connectivity index is 2.35. The largest absolute Gasteiger partial charge is 0.331 e. The summed E-state index contributed by atoms with van der Waals surface area (Å²) < 4.78 is 0. The number of rotatable bonds is 4. The molecule has 4 amide bonds. The van der Waals surface area contributed by atoms with Crippen LogP contribution < -0.4 is 5.32 Å². The number of carbonyl (C=O) groups is 3. The Morgan fingerprint density at radius 1 is 1.10 bits per heavy atom. The van der Waals surface area contributed by atoms with E-state index in [0.717, 1.165) is 16.0 Å². The summed E-state index contributed by atoms with van der Waals surface area (Å²) in [7, 11) is 0. The molecule has 5 nitrogen and oxygen atoms in total. The van der Waals surface area contributed by atoms with E-state index in [2.05, 4.69) is 5.32 Å². The van der Waals surface area contributed by atoms with Gasteiger partial charge in [0.25, 0.3) is 0 Å². The Kier molecular flexibility index (Phi) is 4.11. The number of aryl methyl sites for hydroxylation is 1. The van der Waals surface area contributed by atoms with Gasteiger partial charge in [-0.3, -0.25) is 19.8 Å². The zero-order valence-corrected chi connectivity index (χ0v) is 12.6. The second-order valence-corrected chi connectivity index (χ2v) is 5.37. The zero-order chi connectivity index (χ0) is 15.6. The monoisotopic (exact) mass is 288 g/mol. The van der Waals surface area contributed by atoms with Crippen LogP contribution in [-0.2, 0) is 16.1 Å². The SMILES string of the molecule is CCC1(CC)C(=O)NC(=O)N(Cc2ccccc2C)C1=O. The highest BCUT2D eigenvalue weighted by atomic mass is 16.2. The number of hydrogen-bond donors (Lipinski definition) is 1.